The smallest absolute Gasteiger partial charge is 0.419 e. The van der Waals surface area contributed by atoms with Crippen molar-refractivity contribution in [2.24, 2.45) is 0 Å². The number of hydrogen-bond acceptors (Lipinski definition) is 5. The zero-order valence-corrected chi connectivity index (χ0v) is 12.3. The van der Waals surface area contributed by atoms with Gasteiger partial charge in [-0.2, -0.15) is 0 Å². The number of aromatic nitrogens is 2. The summed E-state index contributed by atoms with van der Waals surface area (Å²) >= 11 is 1.57. The Hall–Kier alpha value is -2.08. The molecule has 3 heterocycles. The Labute approximate surface area is 119 Å². The van der Waals surface area contributed by atoms with Crippen molar-refractivity contribution in [2.45, 2.75) is 27.3 Å². The van der Waals surface area contributed by atoms with Crippen LogP contribution in [0.4, 0.5) is 0 Å². The molecular formula is C14H14N2O3S. The second-order valence-electron chi connectivity index (χ2n) is 4.59. The third kappa shape index (κ3) is 2.12. The van der Waals surface area contributed by atoms with Crippen molar-refractivity contribution in [1.82, 2.24) is 9.55 Å². The van der Waals surface area contributed by atoms with E-state index in [0.29, 0.717) is 18.2 Å². The highest BCUT2D eigenvalue weighted by Gasteiger charge is 2.16. The molecular weight excluding hydrogens is 276 g/mol. The van der Waals surface area contributed by atoms with E-state index in [-0.39, 0.29) is 5.76 Å². The molecule has 0 aromatic carbocycles. The Morgan fingerprint density at radius 2 is 2.05 bits per heavy atom. The third-order valence-electron chi connectivity index (χ3n) is 3.31. The molecule has 0 N–H and O–H groups in total. The van der Waals surface area contributed by atoms with E-state index < -0.39 is 0 Å². The molecule has 3 aromatic rings. The average Bonchev–Trinajstić information content (AvgIpc) is 3.08. The standard InChI is InChI=1S/C14H14N2O3S/c1-8-9(2)19-14(17)16(8)7-11-10(3)18-13(15-11)12-5-4-6-20-12/h4-6H,7H2,1-3H3. The largest absolute Gasteiger partial charge is 0.440 e. The first-order valence-electron chi connectivity index (χ1n) is 6.23. The van der Waals surface area contributed by atoms with E-state index in [0.717, 1.165) is 22.0 Å². The summed E-state index contributed by atoms with van der Waals surface area (Å²) < 4.78 is 12.3. The summed E-state index contributed by atoms with van der Waals surface area (Å²) in [6, 6.07) is 3.91. The number of rotatable bonds is 3. The fraction of sp³-hybridized carbons (Fsp3) is 0.286. The SMILES string of the molecule is Cc1oc(-c2cccs2)nc1Cn1c(C)c(C)oc1=O. The number of hydrogen-bond donors (Lipinski definition) is 0. The van der Waals surface area contributed by atoms with Crippen LogP contribution in [0.15, 0.2) is 31.1 Å². The van der Waals surface area contributed by atoms with Crippen molar-refractivity contribution < 1.29 is 8.83 Å². The van der Waals surface area contributed by atoms with Crippen molar-refractivity contribution in [2.75, 3.05) is 0 Å². The van der Waals surface area contributed by atoms with Gasteiger partial charge >= 0.3 is 5.76 Å². The lowest BCUT2D eigenvalue weighted by Crippen LogP contribution is -2.17. The molecule has 0 amide bonds. The third-order valence-corrected chi connectivity index (χ3v) is 4.17. The first-order chi connectivity index (χ1) is 9.56. The van der Waals surface area contributed by atoms with Crippen LogP contribution in [0.3, 0.4) is 0 Å². The molecule has 6 heteroatoms. The van der Waals surface area contributed by atoms with Gasteiger partial charge < -0.3 is 8.83 Å². The molecule has 0 aliphatic heterocycles. The fourth-order valence-corrected chi connectivity index (χ4v) is 2.65. The quantitative estimate of drug-likeness (QED) is 0.743. The van der Waals surface area contributed by atoms with Gasteiger partial charge in [-0.25, -0.2) is 9.78 Å². The topological polar surface area (TPSA) is 61.2 Å². The van der Waals surface area contributed by atoms with Gasteiger partial charge in [-0.05, 0) is 32.2 Å². The summed E-state index contributed by atoms with van der Waals surface area (Å²) in [6.07, 6.45) is 0. The molecule has 0 saturated carbocycles. The van der Waals surface area contributed by atoms with Crippen LogP contribution in [-0.2, 0) is 6.54 Å². The van der Waals surface area contributed by atoms with E-state index in [1.54, 1.807) is 22.8 Å². The van der Waals surface area contributed by atoms with Gasteiger partial charge in [-0.15, -0.1) is 11.3 Å². The van der Waals surface area contributed by atoms with Gasteiger partial charge in [-0.3, -0.25) is 4.57 Å². The predicted molar refractivity (Wildman–Crippen MR) is 76.1 cm³/mol. The Morgan fingerprint density at radius 3 is 2.65 bits per heavy atom. The number of thiophene rings is 1. The average molecular weight is 290 g/mol. The molecule has 104 valence electrons. The second kappa shape index (κ2) is 4.79. The van der Waals surface area contributed by atoms with Crippen molar-refractivity contribution in [1.29, 1.82) is 0 Å². The van der Waals surface area contributed by atoms with Crippen LogP contribution in [0.5, 0.6) is 0 Å². The highest BCUT2D eigenvalue weighted by Crippen LogP contribution is 2.26. The Kier molecular flexibility index (Phi) is 3.10. The minimum atomic E-state index is -0.361. The van der Waals surface area contributed by atoms with Gasteiger partial charge in [0.2, 0.25) is 5.89 Å². The van der Waals surface area contributed by atoms with Gasteiger partial charge in [-0.1, -0.05) is 6.07 Å². The molecule has 0 atom stereocenters. The summed E-state index contributed by atoms with van der Waals surface area (Å²) in [5.74, 6) is 1.59. The molecule has 0 saturated heterocycles. The van der Waals surface area contributed by atoms with E-state index in [4.69, 9.17) is 8.83 Å². The summed E-state index contributed by atoms with van der Waals surface area (Å²) in [4.78, 5) is 17.2. The zero-order chi connectivity index (χ0) is 14.3. The molecule has 0 radical (unpaired) electrons. The summed E-state index contributed by atoms with van der Waals surface area (Å²) in [7, 11) is 0. The summed E-state index contributed by atoms with van der Waals surface area (Å²) in [6.45, 7) is 5.85. The van der Waals surface area contributed by atoms with Gasteiger partial charge in [0.15, 0.2) is 0 Å². The Morgan fingerprint density at radius 1 is 1.25 bits per heavy atom. The van der Waals surface area contributed by atoms with Crippen molar-refractivity contribution in [3.8, 4) is 10.8 Å². The van der Waals surface area contributed by atoms with Crippen LogP contribution < -0.4 is 5.76 Å². The predicted octanol–water partition coefficient (Wildman–Crippen LogP) is 3.13. The maximum atomic E-state index is 11.8. The normalized spacial score (nSPS) is 11.2. The van der Waals surface area contributed by atoms with Crippen LogP contribution in [0.25, 0.3) is 10.8 Å². The maximum absolute atomic E-state index is 11.8. The number of aryl methyl sites for hydroxylation is 2. The zero-order valence-electron chi connectivity index (χ0n) is 11.5. The summed E-state index contributed by atoms with van der Waals surface area (Å²) in [5, 5.41) is 1.97. The van der Waals surface area contributed by atoms with E-state index >= 15 is 0 Å². The Bertz CT molecular complexity index is 793. The van der Waals surface area contributed by atoms with Gasteiger partial charge in [0.1, 0.15) is 17.2 Å². The van der Waals surface area contributed by atoms with Gasteiger partial charge in [0, 0.05) is 0 Å². The van der Waals surface area contributed by atoms with Crippen LogP contribution in [0.2, 0.25) is 0 Å². The first kappa shape index (κ1) is 12.9. The van der Waals surface area contributed by atoms with E-state index in [1.807, 2.05) is 31.4 Å². The van der Waals surface area contributed by atoms with Crippen LogP contribution in [0.1, 0.15) is 22.9 Å². The van der Waals surface area contributed by atoms with Crippen molar-refractivity contribution >= 4 is 11.3 Å². The summed E-state index contributed by atoms with van der Waals surface area (Å²) in [5.41, 5.74) is 1.56. The van der Waals surface area contributed by atoms with E-state index in [9.17, 15) is 4.79 Å². The number of nitrogens with zero attached hydrogens (tertiary/aromatic N) is 2. The molecule has 3 aromatic heterocycles. The van der Waals surface area contributed by atoms with Crippen LogP contribution in [-0.4, -0.2) is 9.55 Å². The molecule has 3 rings (SSSR count). The van der Waals surface area contributed by atoms with Gasteiger partial charge in [0.05, 0.1) is 17.1 Å². The molecule has 20 heavy (non-hydrogen) atoms. The maximum Gasteiger partial charge on any atom is 0.419 e. The second-order valence-corrected chi connectivity index (χ2v) is 5.54. The van der Waals surface area contributed by atoms with Crippen LogP contribution in [0, 0.1) is 20.8 Å². The van der Waals surface area contributed by atoms with Gasteiger partial charge in [0.25, 0.3) is 0 Å². The molecule has 0 aliphatic carbocycles. The first-order valence-corrected chi connectivity index (χ1v) is 7.11. The lowest BCUT2D eigenvalue weighted by atomic mass is 10.3. The van der Waals surface area contributed by atoms with E-state index in [2.05, 4.69) is 4.98 Å². The van der Waals surface area contributed by atoms with Crippen molar-refractivity contribution in [3.05, 3.63) is 51.0 Å². The van der Waals surface area contributed by atoms with E-state index in [1.165, 1.54) is 0 Å². The Balaban J connectivity index is 1.98. The number of oxazole rings is 2. The van der Waals surface area contributed by atoms with Crippen LogP contribution >= 0.6 is 11.3 Å². The molecule has 0 bridgehead atoms. The molecule has 0 fully saturated rings. The minimum Gasteiger partial charge on any atom is -0.440 e. The molecule has 0 spiro atoms. The molecule has 0 unspecified atom stereocenters. The molecule has 5 nitrogen and oxygen atoms in total. The monoisotopic (exact) mass is 290 g/mol. The fourth-order valence-electron chi connectivity index (χ4n) is 2.00. The highest BCUT2D eigenvalue weighted by molar-refractivity contribution is 7.13. The lowest BCUT2D eigenvalue weighted by Gasteiger charge is -2.00. The van der Waals surface area contributed by atoms with Crippen molar-refractivity contribution in [3.63, 3.8) is 0 Å². The lowest BCUT2D eigenvalue weighted by molar-refractivity contribution is 0.464. The molecule has 0 aliphatic rings. The minimum absolute atomic E-state index is 0.361. The highest BCUT2D eigenvalue weighted by atomic mass is 32.1.